The van der Waals surface area contributed by atoms with E-state index in [1.165, 1.54) is 38.5 Å². The van der Waals surface area contributed by atoms with Crippen molar-refractivity contribution >= 4 is 5.97 Å². The van der Waals surface area contributed by atoms with E-state index >= 15 is 0 Å². The van der Waals surface area contributed by atoms with E-state index in [-0.39, 0.29) is 25.4 Å². The second kappa shape index (κ2) is 19.3. The summed E-state index contributed by atoms with van der Waals surface area (Å²) in [6.07, 6.45) is 20.3. The van der Waals surface area contributed by atoms with Gasteiger partial charge in [0.2, 0.25) is 0 Å². The minimum atomic E-state index is -0.958. The quantitative estimate of drug-likeness (QED) is 0.241. The van der Waals surface area contributed by atoms with Crippen molar-refractivity contribution < 1.29 is 28.8 Å². The number of carboxylic acid groups (broad SMARTS) is 1. The summed E-state index contributed by atoms with van der Waals surface area (Å²) >= 11 is 0. The average Bonchev–Trinajstić information content (AvgIpc) is 2.58. The topological polar surface area (TPSA) is 43.4 Å². The summed E-state index contributed by atoms with van der Waals surface area (Å²) in [7, 11) is 0. The molecule has 146 valence electrons. The Morgan fingerprint density at radius 1 is 0.846 bits per heavy atom. The maximum atomic E-state index is 11.1. The van der Waals surface area contributed by atoms with Crippen molar-refractivity contribution in [3.8, 4) is 0 Å². The smallest absolute Gasteiger partial charge is 0.549 e. The molecule has 0 fully saturated rings. The van der Waals surface area contributed by atoms with Crippen LogP contribution in [0, 0.1) is 0 Å². The molecule has 4 heteroatoms. The van der Waals surface area contributed by atoms with Gasteiger partial charge in [0, 0.05) is 18.6 Å². The number of nitrogens with zero attached hydrogens (tertiary/aromatic N) is 1. The first-order valence-electron chi connectivity index (χ1n) is 10.2. The number of hydrogen-bond acceptors (Lipinski definition) is 3. The van der Waals surface area contributed by atoms with E-state index in [1.54, 1.807) is 0 Å². The van der Waals surface area contributed by atoms with E-state index in [9.17, 15) is 9.90 Å². The molecule has 0 aromatic carbocycles. The Morgan fingerprint density at radius 2 is 1.27 bits per heavy atom. The maximum absolute atomic E-state index is 11.1. The average molecular weight is 358 g/mol. The molecule has 0 saturated carbocycles. The van der Waals surface area contributed by atoms with Crippen molar-refractivity contribution in [2.45, 2.75) is 104 Å². The van der Waals surface area contributed by atoms with Gasteiger partial charge in [-0.15, -0.1) is 0 Å². The number of carbonyl (C=O) groups excluding carboxylic acids is 1. The molecule has 0 spiro atoms. The van der Waals surface area contributed by atoms with Crippen LogP contribution in [0.2, 0.25) is 0 Å². The van der Waals surface area contributed by atoms with Crippen LogP contribution in [0.5, 0.6) is 0 Å². The van der Waals surface area contributed by atoms with Gasteiger partial charge in [0.05, 0.1) is 5.97 Å². The SMILES string of the molecule is C/C=C/CCCCCC(C)N(CC(=O)[O-])C(C)CCCCC/C=C/C.[Li+]. The zero-order valence-electron chi connectivity index (χ0n) is 18.0. The predicted octanol–water partition coefficient (Wildman–Crippen LogP) is 1.87. The van der Waals surface area contributed by atoms with Crippen molar-refractivity contribution in [3.63, 3.8) is 0 Å². The standard InChI is InChI=1S/C22H41NO2.Li/c1-5-7-9-11-13-15-17-20(3)23(19-22(24)25)21(4)18-16-14-12-10-8-6-2;/h5-8,20-21H,9-19H2,1-4H3,(H,24,25);/q;+1/p-1/b7-5+,8-6+;. The Bertz CT molecular complexity index is 354. The first-order valence-corrected chi connectivity index (χ1v) is 10.2. The fourth-order valence-corrected chi connectivity index (χ4v) is 3.32. The molecule has 2 atom stereocenters. The van der Waals surface area contributed by atoms with Crippen molar-refractivity contribution in [1.82, 2.24) is 4.90 Å². The zero-order chi connectivity index (χ0) is 18.9. The van der Waals surface area contributed by atoms with Crippen molar-refractivity contribution in [2.75, 3.05) is 6.54 Å². The first kappa shape index (κ1) is 27.7. The van der Waals surface area contributed by atoms with Crippen LogP contribution in [-0.2, 0) is 4.79 Å². The molecule has 3 nitrogen and oxygen atoms in total. The van der Waals surface area contributed by atoms with Gasteiger partial charge in [-0.05, 0) is 66.2 Å². The van der Waals surface area contributed by atoms with Crippen LogP contribution in [0.1, 0.15) is 91.9 Å². The van der Waals surface area contributed by atoms with Gasteiger partial charge in [0.1, 0.15) is 0 Å². The number of rotatable bonds is 16. The molecule has 0 aromatic rings. The van der Waals surface area contributed by atoms with Crippen molar-refractivity contribution in [2.24, 2.45) is 0 Å². The summed E-state index contributed by atoms with van der Waals surface area (Å²) in [5, 5.41) is 11.1. The van der Waals surface area contributed by atoms with Gasteiger partial charge in [-0.3, -0.25) is 4.90 Å². The van der Waals surface area contributed by atoms with Gasteiger partial charge in [0.25, 0.3) is 0 Å². The van der Waals surface area contributed by atoms with E-state index in [0.29, 0.717) is 12.1 Å². The minimum absolute atomic E-state index is 0. The number of carboxylic acids is 1. The number of allylic oxidation sites excluding steroid dienone is 4. The second-order valence-corrected chi connectivity index (χ2v) is 7.16. The fourth-order valence-electron chi connectivity index (χ4n) is 3.32. The van der Waals surface area contributed by atoms with Gasteiger partial charge < -0.3 is 9.90 Å². The number of hydrogen-bond donors (Lipinski definition) is 0. The summed E-state index contributed by atoms with van der Waals surface area (Å²) < 4.78 is 0. The van der Waals surface area contributed by atoms with Crippen LogP contribution in [0.25, 0.3) is 0 Å². The Labute approximate surface area is 174 Å². The van der Waals surface area contributed by atoms with E-state index in [1.807, 2.05) is 0 Å². The summed E-state index contributed by atoms with van der Waals surface area (Å²) in [5.41, 5.74) is 0. The van der Waals surface area contributed by atoms with Gasteiger partial charge >= 0.3 is 18.9 Å². The molecule has 0 bridgehead atoms. The second-order valence-electron chi connectivity index (χ2n) is 7.16. The van der Waals surface area contributed by atoms with Crippen molar-refractivity contribution in [3.05, 3.63) is 24.3 Å². The molecule has 0 amide bonds. The summed E-state index contributed by atoms with van der Waals surface area (Å²) in [6.45, 7) is 8.50. The molecule has 0 aliphatic carbocycles. The Balaban J connectivity index is 0. The Kier molecular flexibility index (Phi) is 20.6. The van der Waals surface area contributed by atoms with E-state index < -0.39 is 5.97 Å². The number of carbonyl (C=O) groups is 1. The summed E-state index contributed by atoms with van der Waals surface area (Å²) in [6, 6.07) is 0.607. The fraction of sp³-hybridized carbons (Fsp3) is 0.773. The monoisotopic (exact) mass is 357 g/mol. The molecule has 0 aromatic heterocycles. The number of aliphatic carboxylic acids is 1. The molecule has 0 rings (SSSR count). The minimum Gasteiger partial charge on any atom is -0.549 e. The van der Waals surface area contributed by atoms with Crippen LogP contribution >= 0.6 is 0 Å². The zero-order valence-corrected chi connectivity index (χ0v) is 18.0. The summed E-state index contributed by atoms with van der Waals surface area (Å²) in [5.74, 6) is -0.958. The van der Waals surface area contributed by atoms with Gasteiger partial charge in [-0.1, -0.05) is 50.0 Å². The molecule has 0 saturated heterocycles. The van der Waals surface area contributed by atoms with Crippen LogP contribution < -0.4 is 24.0 Å². The van der Waals surface area contributed by atoms with Gasteiger partial charge in [0.15, 0.2) is 0 Å². The molecule has 26 heavy (non-hydrogen) atoms. The molecule has 0 heterocycles. The Hall–Kier alpha value is -0.493. The molecule has 0 aliphatic rings. The number of unbranched alkanes of at least 4 members (excludes halogenated alkanes) is 6. The summed E-state index contributed by atoms with van der Waals surface area (Å²) in [4.78, 5) is 13.3. The molecule has 0 aliphatic heterocycles. The van der Waals surface area contributed by atoms with E-state index in [0.717, 1.165) is 25.7 Å². The normalized spacial score (nSPS) is 14.0. The van der Waals surface area contributed by atoms with Crippen molar-refractivity contribution in [1.29, 1.82) is 0 Å². The Morgan fingerprint density at radius 3 is 1.62 bits per heavy atom. The van der Waals surface area contributed by atoms with E-state index in [4.69, 9.17) is 0 Å². The molecule has 0 radical (unpaired) electrons. The third-order valence-electron chi connectivity index (χ3n) is 4.90. The molecule has 0 N–H and O–H groups in total. The third kappa shape index (κ3) is 15.7. The molecular formula is C22H40LiNO2. The predicted molar refractivity (Wildman–Crippen MR) is 106 cm³/mol. The van der Waals surface area contributed by atoms with Gasteiger partial charge in [-0.25, -0.2) is 0 Å². The van der Waals surface area contributed by atoms with Gasteiger partial charge in [-0.2, -0.15) is 0 Å². The maximum Gasteiger partial charge on any atom is 1.00 e. The van der Waals surface area contributed by atoms with Crippen LogP contribution in [0.4, 0.5) is 0 Å². The van der Waals surface area contributed by atoms with Crippen LogP contribution in [0.3, 0.4) is 0 Å². The van der Waals surface area contributed by atoms with E-state index in [2.05, 4.69) is 56.9 Å². The van der Waals surface area contributed by atoms with Crippen LogP contribution in [0.15, 0.2) is 24.3 Å². The molecular weight excluding hydrogens is 317 g/mol. The first-order chi connectivity index (χ1) is 12.0. The largest absolute Gasteiger partial charge is 1.00 e. The molecule has 2 unspecified atom stereocenters. The third-order valence-corrected chi connectivity index (χ3v) is 4.90. The van der Waals surface area contributed by atoms with Crippen LogP contribution in [-0.4, -0.2) is 29.5 Å².